The number of hydrogen-bond donors (Lipinski definition) is 2. The highest BCUT2D eigenvalue weighted by atomic mass is 16.5. The maximum absolute atomic E-state index is 12.7. The summed E-state index contributed by atoms with van der Waals surface area (Å²) in [7, 11) is 0. The first kappa shape index (κ1) is 22.1. The highest BCUT2D eigenvalue weighted by Crippen LogP contribution is 2.44. The minimum absolute atomic E-state index is 0.0453. The number of nitrogens with zero attached hydrogens (tertiary/aromatic N) is 1. The molecule has 1 aliphatic carbocycles. The molecule has 1 saturated heterocycles. The minimum atomic E-state index is -0.420. The summed E-state index contributed by atoms with van der Waals surface area (Å²) in [5, 5.41) is 6.31. The fraction of sp³-hybridized carbons (Fsp3) is 0.276. The number of benzene rings is 3. The molecular weight excluding hydrogens is 422 g/mol. The van der Waals surface area contributed by atoms with Crippen molar-refractivity contribution in [1.82, 2.24) is 10.6 Å². The maximum Gasteiger partial charge on any atom is 0.407 e. The van der Waals surface area contributed by atoms with Crippen LogP contribution in [0.1, 0.15) is 33.7 Å². The molecule has 1 fully saturated rings. The van der Waals surface area contributed by atoms with E-state index in [0.29, 0.717) is 13.2 Å². The van der Waals surface area contributed by atoms with Crippen LogP contribution in [0.5, 0.6) is 0 Å². The summed E-state index contributed by atoms with van der Waals surface area (Å²) >= 11 is 0. The number of hydrogen-bond acceptors (Lipinski definition) is 4. The van der Waals surface area contributed by atoms with Crippen LogP contribution in [0.15, 0.2) is 60.7 Å². The van der Waals surface area contributed by atoms with Gasteiger partial charge in [-0.1, -0.05) is 54.5 Å². The highest BCUT2D eigenvalue weighted by molar-refractivity contribution is 5.79. The molecule has 0 spiro atoms. The van der Waals surface area contributed by atoms with Gasteiger partial charge in [0.2, 0.25) is 0 Å². The van der Waals surface area contributed by atoms with Crippen molar-refractivity contribution >= 4 is 11.8 Å². The van der Waals surface area contributed by atoms with E-state index in [2.05, 4.69) is 58.7 Å². The number of nitrogens with one attached hydrogen (secondary N) is 2. The second-order valence-corrected chi connectivity index (χ2v) is 8.84. The molecule has 3 aromatic rings. The van der Waals surface area contributed by atoms with Crippen molar-refractivity contribution < 1.29 is 9.53 Å². The van der Waals surface area contributed by atoms with E-state index < -0.39 is 6.09 Å². The highest BCUT2D eigenvalue weighted by Gasteiger charge is 2.29. The Morgan fingerprint density at radius 2 is 1.74 bits per heavy atom. The van der Waals surface area contributed by atoms with E-state index in [9.17, 15) is 4.79 Å². The van der Waals surface area contributed by atoms with Crippen LogP contribution in [-0.4, -0.2) is 38.9 Å². The molecule has 0 unspecified atom stereocenters. The number of fused-ring (bicyclic) bond motifs is 3. The first-order valence-corrected chi connectivity index (χ1v) is 11.8. The van der Waals surface area contributed by atoms with E-state index in [1.807, 2.05) is 30.3 Å². The molecule has 0 bridgehead atoms. The van der Waals surface area contributed by atoms with Crippen LogP contribution in [-0.2, 0) is 11.3 Å². The molecule has 0 saturated carbocycles. The van der Waals surface area contributed by atoms with Crippen molar-refractivity contribution in [1.29, 1.82) is 0 Å². The summed E-state index contributed by atoms with van der Waals surface area (Å²) < 4.78 is 5.70. The third-order valence-electron chi connectivity index (χ3n) is 6.88. The standard InChI is InChI=1S/C29H29N3O2/c1-3-21-16-22(20(2)28(17-21)32-14-12-30-13-15-32)18-31-29(33)34-19-27-25-10-6-4-8-23(25)24-9-5-7-11-26(24)27/h1,4-11,16-17,27,30H,12-15,18-19H2,2H3,(H,31,33). The second kappa shape index (κ2) is 9.62. The van der Waals surface area contributed by atoms with E-state index in [1.165, 1.54) is 22.3 Å². The summed E-state index contributed by atoms with van der Waals surface area (Å²) in [6.07, 6.45) is 5.31. The van der Waals surface area contributed by atoms with E-state index in [1.54, 1.807) is 0 Å². The molecule has 1 amide bonds. The van der Waals surface area contributed by atoms with Crippen molar-refractivity contribution in [3.8, 4) is 23.5 Å². The van der Waals surface area contributed by atoms with Crippen LogP contribution in [0.4, 0.5) is 10.5 Å². The van der Waals surface area contributed by atoms with Crippen molar-refractivity contribution in [3.63, 3.8) is 0 Å². The van der Waals surface area contributed by atoms with E-state index in [-0.39, 0.29) is 5.92 Å². The number of terminal acetylenes is 1. The summed E-state index contributed by atoms with van der Waals surface area (Å²) in [6.45, 7) is 6.54. The Labute approximate surface area is 201 Å². The first-order chi connectivity index (χ1) is 16.7. The van der Waals surface area contributed by atoms with Gasteiger partial charge in [0.25, 0.3) is 0 Å². The van der Waals surface area contributed by atoms with E-state index in [0.717, 1.165) is 48.6 Å². The first-order valence-electron chi connectivity index (χ1n) is 11.8. The van der Waals surface area contributed by atoms with Gasteiger partial charge in [-0.3, -0.25) is 0 Å². The Hall–Kier alpha value is -3.75. The zero-order valence-corrected chi connectivity index (χ0v) is 19.4. The third kappa shape index (κ3) is 4.25. The lowest BCUT2D eigenvalue weighted by Crippen LogP contribution is -2.44. The Bertz CT molecular complexity index is 1210. The van der Waals surface area contributed by atoms with Gasteiger partial charge in [0, 0.05) is 49.9 Å². The number of alkyl carbamates (subject to hydrolysis) is 1. The minimum Gasteiger partial charge on any atom is -0.449 e. The number of amides is 1. The van der Waals surface area contributed by atoms with Crippen LogP contribution in [0.3, 0.4) is 0 Å². The average Bonchev–Trinajstić information content (AvgIpc) is 3.21. The van der Waals surface area contributed by atoms with Crippen LogP contribution in [0.25, 0.3) is 11.1 Å². The fourth-order valence-electron chi connectivity index (χ4n) is 5.08. The molecule has 0 atom stereocenters. The lowest BCUT2D eigenvalue weighted by atomic mass is 9.98. The maximum atomic E-state index is 12.7. The molecule has 2 aliphatic rings. The van der Waals surface area contributed by atoms with Gasteiger partial charge in [0.05, 0.1) is 0 Å². The molecule has 5 rings (SSSR count). The predicted octanol–water partition coefficient (Wildman–Crippen LogP) is 4.42. The molecule has 1 heterocycles. The Morgan fingerprint density at radius 3 is 2.38 bits per heavy atom. The molecule has 5 nitrogen and oxygen atoms in total. The SMILES string of the molecule is C#Cc1cc(CNC(=O)OCC2c3ccccc3-c3ccccc32)c(C)c(N2CCNCC2)c1. The fourth-order valence-corrected chi connectivity index (χ4v) is 5.08. The Kier molecular flexibility index (Phi) is 6.24. The Morgan fingerprint density at radius 1 is 1.09 bits per heavy atom. The van der Waals surface area contributed by atoms with Crippen LogP contribution in [0.2, 0.25) is 0 Å². The number of rotatable bonds is 5. The quantitative estimate of drug-likeness (QED) is 0.564. The number of piperazine rings is 1. The molecule has 1 aliphatic heterocycles. The van der Waals surface area contributed by atoms with Gasteiger partial charge in [-0.05, 0) is 52.4 Å². The van der Waals surface area contributed by atoms with Gasteiger partial charge in [-0.2, -0.15) is 0 Å². The largest absolute Gasteiger partial charge is 0.449 e. The molecule has 172 valence electrons. The normalized spacial score (nSPS) is 14.8. The topological polar surface area (TPSA) is 53.6 Å². The van der Waals surface area contributed by atoms with Crippen molar-refractivity contribution in [3.05, 3.63) is 88.5 Å². The molecule has 3 aromatic carbocycles. The number of anilines is 1. The van der Waals surface area contributed by atoms with Crippen molar-refractivity contribution in [2.24, 2.45) is 0 Å². The molecule has 0 aromatic heterocycles. The van der Waals surface area contributed by atoms with Crippen molar-refractivity contribution in [2.45, 2.75) is 19.4 Å². The van der Waals surface area contributed by atoms with Crippen LogP contribution < -0.4 is 15.5 Å². The summed E-state index contributed by atoms with van der Waals surface area (Å²) in [4.78, 5) is 15.0. The lowest BCUT2D eigenvalue weighted by Gasteiger charge is -2.31. The number of carbonyl (C=O) groups is 1. The van der Waals surface area contributed by atoms with Crippen molar-refractivity contribution in [2.75, 3.05) is 37.7 Å². The van der Waals surface area contributed by atoms with Gasteiger partial charge in [-0.15, -0.1) is 6.42 Å². The molecule has 5 heteroatoms. The average molecular weight is 452 g/mol. The van der Waals surface area contributed by atoms with Gasteiger partial charge in [-0.25, -0.2) is 4.79 Å². The van der Waals surface area contributed by atoms with Gasteiger partial charge >= 0.3 is 6.09 Å². The number of ether oxygens (including phenoxy) is 1. The smallest absolute Gasteiger partial charge is 0.407 e. The van der Waals surface area contributed by atoms with Crippen LogP contribution in [0, 0.1) is 19.3 Å². The monoisotopic (exact) mass is 451 g/mol. The number of carbonyl (C=O) groups excluding carboxylic acids is 1. The summed E-state index contributed by atoms with van der Waals surface area (Å²) in [5.74, 6) is 2.80. The lowest BCUT2D eigenvalue weighted by molar-refractivity contribution is 0.142. The Balaban J connectivity index is 1.26. The van der Waals surface area contributed by atoms with Gasteiger partial charge in [0.1, 0.15) is 6.61 Å². The van der Waals surface area contributed by atoms with Gasteiger partial charge in [0.15, 0.2) is 0 Å². The molecule has 0 radical (unpaired) electrons. The zero-order valence-electron chi connectivity index (χ0n) is 19.4. The zero-order chi connectivity index (χ0) is 23.5. The third-order valence-corrected chi connectivity index (χ3v) is 6.88. The molecule has 2 N–H and O–H groups in total. The summed E-state index contributed by atoms with van der Waals surface area (Å²) in [5.41, 5.74) is 8.95. The molecular formula is C29H29N3O2. The second-order valence-electron chi connectivity index (χ2n) is 8.84. The van der Waals surface area contributed by atoms with Crippen LogP contribution >= 0.6 is 0 Å². The van der Waals surface area contributed by atoms with Gasteiger partial charge < -0.3 is 20.3 Å². The summed E-state index contributed by atoms with van der Waals surface area (Å²) in [6, 6.07) is 20.7. The van der Waals surface area contributed by atoms with E-state index >= 15 is 0 Å². The van der Waals surface area contributed by atoms with E-state index in [4.69, 9.17) is 11.2 Å². The molecule has 34 heavy (non-hydrogen) atoms. The predicted molar refractivity (Wildman–Crippen MR) is 136 cm³/mol.